The van der Waals surface area contributed by atoms with Crippen LogP contribution in [0.1, 0.15) is 34.3 Å². The summed E-state index contributed by atoms with van der Waals surface area (Å²) in [6, 6.07) is 33.5. The van der Waals surface area contributed by atoms with Crippen molar-refractivity contribution in [2.75, 3.05) is 13.2 Å². The van der Waals surface area contributed by atoms with Gasteiger partial charge in [-0.2, -0.15) is 0 Å². The van der Waals surface area contributed by atoms with Crippen molar-refractivity contribution in [1.82, 2.24) is 0 Å². The Hall–Kier alpha value is -3.96. The van der Waals surface area contributed by atoms with Gasteiger partial charge in [-0.3, -0.25) is 0 Å². The molecule has 1 aromatic heterocycles. The highest BCUT2D eigenvalue weighted by Gasteiger charge is 2.26. The summed E-state index contributed by atoms with van der Waals surface area (Å²) < 4.78 is 14.6. The number of nitrogens with zero attached hydrogens (tertiary/aromatic N) is 2. The van der Waals surface area contributed by atoms with E-state index in [4.69, 9.17) is 19.5 Å². The maximum absolute atomic E-state index is 6.11. The van der Waals surface area contributed by atoms with Gasteiger partial charge in [0.25, 0.3) is 0 Å². The van der Waals surface area contributed by atoms with E-state index in [9.17, 15) is 0 Å². The molecule has 0 bridgehead atoms. The van der Waals surface area contributed by atoms with Crippen LogP contribution in [0.5, 0.6) is 0 Å². The molecule has 2 aliphatic heterocycles. The maximum Gasteiger partial charge on any atom is 0.218 e. The number of rotatable bonds is 4. The highest BCUT2D eigenvalue weighted by Crippen LogP contribution is 2.40. The van der Waals surface area contributed by atoms with Gasteiger partial charge >= 0.3 is 0 Å². The van der Waals surface area contributed by atoms with Crippen molar-refractivity contribution in [3.05, 3.63) is 119 Å². The first-order chi connectivity index (χ1) is 17.3. The smallest absolute Gasteiger partial charge is 0.218 e. The lowest BCUT2D eigenvalue weighted by molar-refractivity contribution is 0.320. The summed E-state index contributed by atoms with van der Waals surface area (Å²) in [4.78, 5) is 9.89. The van der Waals surface area contributed by atoms with Crippen LogP contribution in [0.4, 0.5) is 0 Å². The molecule has 0 amide bonds. The standard InChI is InChI=1S/C30H22N2O2S/c1-3-9-19(10-4-1)25-17-33-29(31-25)23-15-7-13-21-22-14-8-16-24(28(22)35-27(21)23)30-32-26(18-34-30)20-11-5-2-6-12-20/h1-16,25-26H,17-18H2/t25-,26-/m1/s1. The van der Waals surface area contributed by atoms with E-state index in [0.717, 1.165) is 22.9 Å². The van der Waals surface area contributed by atoms with Crippen LogP contribution in [-0.2, 0) is 9.47 Å². The van der Waals surface area contributed by atoms with Gasteiger partial charge < -0.3 is 9.47 Å². The van der Waals surface area contributed by atoms with Crippen LogP contribution in [0.3, 0.4) is 0 Å². The largest absolute Gasteiger partial charge is 0.475 e. The van der Waals surface area contributed by atoms with Crippen LogP contribution in [0.15, 0.2) is 107 Å². The van der Waals surface area contributed by atoms with Gasteiger partial charge in [0, 0.05) is 20.2 Å². The molecule has 0 radical (unpaired) electrons. The molecule has 0 N–H and O–H groups in total. The molecule has 35 heavy (non-hydrogen) atoms. The van der Waals surface area contributed by atoms with Crippen molar-refractivity contribution in [2.24, 2.45) is 9.98 Å². The molecule has 4 nitrogen and oxygen atoms in total. The average molecular weight is 475 g/mol. The van der Waals surface area contributed by atoms with E-state index in [-0.39, 0.29) is 12.1 Å². The van der Waals surface area contributed by atoms with Crippen molar-refractivity contribution in [1.29, 1.82) is 0 Å². The molecule has 0 unspecified atom stereocenters. The first kappa shape index (κ1) is 20.4. The Balaban J connectivity index is 1.31. The van der Waals surface area contributed by atoms with Crippen LogP contribution in [0, 0.1) is 0 Å². The highest BCUT2D eigenvalue weighted by molar-refractivity contribution is 7.26. The summed E-state index contributed by atoms with van der Waals surface area (Å²) in [6.07, 6.45) is 0. The fourth-order valence-corrected chi connectivity index (χ4v) is 6.20. The molecule has 2 aliphatic rings. The molecule has 3 heterocycles. The summed E-state index contributed by atoms with van der Waals surface area (Å²) in [7, 11) is 0. The minimum absolute atomic E-state index is 0.0301. The summed E-state index contributed by atoms with van der Waals surface area (Å²) >= 11 is 1.76. The Morgan fingerprint density at radius 2 is 1.00 bits per heavy atom. The zero-order valence-electron chi connectivity index (χ0n) is 18.9. The summed E-state index contributed by atoms with van der Waals surface area (Å²) in [5.41, 5.74) is 4.45. The molecule has 0 saturated carbocycles. The van der Waals surface area contributed by atoms with Gasteiger partial charge in [-0.05, 0) is 23.3 Å². The summed E-state index contributed by atoms with van der Waals surface area (Å²) in [5, 5.41) is 2.41. The molecule has 2 atom stereocenters. The van der Waals surface area contributed by atoms with Crippen molar-refractivity contribution in [2.45, 2.75) is 12.1 Å². The third-order valence-corrected chi connectivity index (χ3v) is 7.94. The van der Waals surface area contributed by atoms with E-state index < -0.39 is 0 Å². The van der Waals surface area contributed by atoms with E-state index in [2.05, 4.69) is 60.7 Å². The predicted molar refractivity (Wildman–Crippen MR) is 143 cm³/mol. The van der Waals surface area contributed by atoms with Gasteiger partial charge in [-0.25, -0.2) is 9.98 Å². The van der Waals surface area contributed by atoms with Crippen molar-refractivity contribution in [3.63, 3.8) is 0 Å². The van der Waals surface area contributed by atoms with Crippen LogP contribution in [0.2, 0.25) is 0 Å². The van der Waals surface area contributed by atoms with Crippen LogP contribution in [0.25, 0.3) is 20.2 Å². The third kappa shape index (κ3) is 3.51. The zero-order valence-corrected chi connectivity index (χ0v) is 19.7. The van der Waals surface area contributed by atoms with Crippen molar-refractivity contribution < 1.29 is 9.47 Å². The Kier molecular flexibility index (Phi) is 4.88. The second kappa shape index (κ2) is 8.36. The van der Waals surface area contributed by atoms with Crippen LogP contribution in [-0.4, -0.2) is 25.0 Å². The topological polar surface area (TPSA) is 43.2 Å². The van der Waals surface area contributed by atoms with E-state index in [1.165, 1.54) is 31.3 Å². The Morgan fingerprint density at radius 3 is 1.46 bits per heavy atom. The van der Waals surface area contributed by atoms with Crippen molar-refractivity contribution in [3.8, 4) is 0 Å². The number of fused-ring (bicyclic) bond motifs is 3. The predicted octanol–water partition coefficient (Wildman–Crippen LogP) is 7.09. The Morgan fingerprint density at radius 1 is 0.543 bits per heavy atom. The SMILES string of the molecule is c1ccc([C@H]2COC(c3cccc4c3sc3c(C5=N[C@@H](c6ccccc6)CO5)cccc34)=N2)cc1. The van der Waals surface area contributed by atoms with Gasteiger partial charge in [0.05, 0.1) is 11.1 Å². The summed E-state index contributed by atoms with van der Waals surface area (Å²) in [5.74, 6) is 1.44. The molecule has 0 aliphatic carbocycles. The van der Waals surface area contributed by atoms with Crippen LogP contribution < -0.4 is 0 Å². The van der Waals surface area contributed by atoms with Gasteiger partial charge in [-0.1, -0.05) is 84.9 Å². The fourth-order valence-electron chi connectivity index (χ4n) is 4.89. The number of hydrogen-bond acceptors (Lipinski definition) is 5. The molecule has 170 valence electrons. The summed E-state index contributed by atoms with van der Waals surface area (Å²) in [6.45, 7) is 1.13. The van der Waals surface area contributed by atoms with Gasteiger partial charge in [-0.15, -0.1) is 11.3 Å². The van der Waals surface area contributed by atoms with Gasteiger partial charge in [0.15, 0.2) is 0 Å². The lowest BCUT2D eigenvalue weighted by Gasteiger charge is -2.03. The van der Waals surface area contributed by atoms with Gasteiger partial charge in [0.1, 0.15) is 25.3 Å². The quantitative estimate of drug-likeness (QED) is 0.279. The first-order valence-corrected chi connectivity index (χ1v) is 12.6. The molecule has 4 aromatic carbocycles. The minimum atomic E-state index is 0.0301. The average Bonchev–Trinajstić information content (AvgIpc) is 3.68. The van der Waals surface area contributed by atoms with E-state index in [0.29, 0.717) is 13.2 Å². The molecular weight excluding hydrogens is 452 g/mol. The van der Waals surface area contributed by atoms with Crippen molar-refractivity contribution >= 4 is 43.3 Å². The number of aliphatic imine (C=N–C) groups is 2. The van der Waals surface area contributed by atoms with E-state index >= 15 is 0 Å². The number of ether oxygens (including phenoxy) is 2. The highest BCUT2D eigenvalue weighted by atomic mass is 32.1. The fraction of sp³-hybridized carbons (Fsp3) is 0.133. The second-order valence-electron chi connectivity index (χ2n) is 8.81. The molecule has 0 spiro atoms. The van der Waals surface area contributed by atoms with Crippen LogP contribution >= 0.6 is 11.3 Å². The maximum atomic E-state index is 6.11. The number of hydrogen-bond donors (Lipinski definition) is 0. The molecular formula is C30H22N2O2S. The second-order valence-corrected chi connectivity index (χ2v) is 9.83. The minimum Gasteiger partial charge on any atom is -0.475 e. The Labute approximate surface area is 207 Å². The molecule has 0 fully saturated rings. The first-order valence-electron chi connectivity index (χ1n) is 11.8. The zero-order chi connectivity index (χ0) is 23.2. The lowest BCUT2D eigenvalue weighted by Crippen LogP contribution is -2.01. The molecule has 7 rings (SSSR count). The number of thiophene rings is 1. The number of benzene rings is 4. The lowest BCUT2D eigenvalue weighted by atomic mass is 10.1. The molecule has 5 aromatic rings. The Bertz CT molecular complexity index is 1490. The van der Waals surface area contributed by atoms with E-state index in [1.54, 1.807) is 11.3 Å². The van der Waals surface area contributed by atoms with Gasteiger partial charge in [0.2, 0.25) is 11.8 Å². The molecule has 0 saturated heterocycles. The normalized spacial score (nSPS) is 19.4. The third-order valence-electron chi connectivity index (χ3n) is 6.66. The van der Waals surface area contributed by atoms with E-state index in [1.807, 2.05) is 36.4 Å². The molecule has 5 heteroatoms. The monoisotopic (exact) mass is 474 g/mol.